The van der Waals surface area contributed by atoms with Crippen molar-refractivity contribution in [3.05, 3.63) is 28.6 Å². The van der Waals surface area contributed by atoms with Crippen molar-refractivity contribution in [1.29, 1.82) is 0 Å². The zero-order valence-electron chi connectivity index (χ0n) is 15.6. The van der Waals surface area contributed by atoms with E-state index in [2.05, 4.69) is 15.2 Å². The lowest BCUT2D eigenvalue weighted by Crippen LogP contribution is -2.38. The largest absolute Gasteiger partial charge is 0.492 e. The van der Waals surface area contributed by atoms with Gasteiger partial charge in [0.25, 0.3) is 0 Å². The van der Waals surface area contributed by atoms with Crippen LogP contribution >= 0.6 is 11.3 Å². The summed E-state index contributed by atoms with van der Waals surface area (Å²) < 4.78 is 11.3. The fraction of sp³-hybridized carbons (Fsp3) is 0.526. The number of rotatable bonds is 7. The molecule has 2 heterocycles. The van der Waals surface area contributed by atoms with Crippen molar-refractivity contribution in [2.24, 2.45) is 0 Å². The van der Waals surface area contributed by atoms with Gasteiger partial charge in [0.2, 0.25) is 5.88 Å². The summed E-state index contributed by atoms with van der Waals surface area (Å²) in [5, 5.41) is 14.0. The summed E-state index contributed by atoms with van der Waals surface area (Å²) in [6, 6.07) is 6.00. The van der Waals surface area contributed by atoms with Gasteiger partial charge in [0, 0.05) is 31.4 Å². The topological polar surface area (TPSA) is 66.9 Å². The molecule has 3 rings (SSSR count). The fourth-order valence-electron chi connectivity index (χ4n) is 2.81. The molecule has 7 heteroatoms. The normalized spacial score (nSPS) is 15.4. The van der Waals surface area contributed by atoms with Gasteiger partial charge in [-0.1, -0.05) is 31.3 Å². The zero-order chi connectivity index (χ0) is 18.5. The van der Waals surface area contributed by atoms with E-state index in [0.717, 1.165) is 54.7 Å². The van der Waals surface area contributed by atoms with E-state index in [1.165, 1.54) is 11.3 Å². The van der Waals surface area contributed by atoms with E-state index >= 15 is 0 Å². The second-order valence-corrected chi connectivity index (χ2v) is 7.80. The number of hydrogen-bond donors (Lipinski definition) is 2. The monoisotopic (exact) mass is 377 g/mol. The van der Waals surface area contributed by atoms with Crippen LogP contribution in [0.3, 0.4) is 0 Å². The number of nitrogens with one attached hydrogen (secondary N) is 1. The number of anilines is 2. The van der Waals surface area contributed by atoms with E-state index in [1.807, 2.05) is 39.0 Å². The number of nitrogens with zero attached hydrogens (tertiary/aromatic N) is 2. The Morgan fingerprint density at radius 1 is 1.35 bits per heavy atom. The van der Waals surface area contributed by atoms with Crippen molar-refractivity contribution in [3.63, 3.8) is 0 Å². The molecule has 1 aliphatic rings. The first kappa shape index (κ1) is 18.9. The Bertz CT molecular complexity index is 727. The van der Waals surface area contributed by atoms with Crippen molar-refractivity contribution in [3.8, 4) is 11.6 Å². The maximum absolute atomic E-state index is 9.96. The van der Waals surface area contributed by atoms with Crippen molar-refractivity contribution >= 4 is 22.2 Å². The van der Waals surface area contributed by atoms with E-state index in [1.54, 1.807) is 0 Å². The van der Waals surface area contributed by atoms with Crippen LogP contribution in [-0.4, -0.2) is 54.4 Å². The Labute approximate surface area is 158 Å². The first-order valence-corrected chi connectivity index (χ1v) is 9.85. The molecule has 2 aromatic rings. The molecule has 1 aromatic heterocycles. The third kappa shape index (κ3) is 4.87. The number of aromatic nitrogens is 1. The molecule has 0 bridgehead atoms. The zero-order valence-corrected chi connectivity index (χ0v) is 16.4. The molecule has 0 atom stereocenters. The maximum Gasteiger partial charge on any atom is 0.227 e. The Morgan fingerprint density at radius 3 is 2.81 bits per heavy atom. The number of hydrogen-bond acceptors (Lipinski definition) is 7. The molecular weight excluding hydrogens is 350 g/mol. The Kier molecular flexibility index (Phi) is 6.34. The van der Waals surface area contributed by atoms with Crippen LogP contribution in [0, 0.1) is 6.92 Å². The molecule has 6 nitrogen and oxygen atoms in total. The molecule has 26 heavy (non-hydrogen) atoms. The summed E-state index contributed by atoms with van der Waals surface area (Å²) in [4.78, 5) is 7.47. The predicted molar refractivity (Wildman–Crippen MR) is 105 cm³/mol. The quantitative estimate of drug-likeness (QED) is 0.766. The van der Waals surface area contributed by atoms with Crippen LogP contribution in [0.1, 0.15) is 30.2 Å². The highest BCUT2D eigenvalue weighted by Gasteiger charge is 2.14. The first-order chi connectivity index (χ1) is 12.5. The minimum absolute atomic E-state index is 0.114. The molecule has 1 fully saturated rings. The van der Waals surface area contributed by atoms with Crippen LogP contribution in [0.25, 0.3) is 0 Å². The lowest BCUT2D eigenvalue weighted by molar-refractivity contribution is 0.0322. The average Bonchev–Trinajstić information content (AvgIpc) is 2.99. The lowest BCUT2D eigenvalue weighted by atomic mass is 10.2. The van der Waals surface area contributed by atoms with E-state index in [0.29, 0.717) is 11.7 Å². The second-order valence-electron chi connectivity index (χ2n) is 6.77. The van der Waals surface area contributed by atoms with Crippen LogP contribution in [0.15, 0.2) is 18.2 Å². The van der Waals surface area contributed by atoms with Crippen molar-refractivity contribution in [2.45, 2.75) is 26.7 Å². The number of morpholine rings is 1. The van der Waals surface area contributed by atoms with Crippen LogP contribution in [0.4, 0.5) is 10.8 Å². The number of aryl methyl sites for hydroxylation is 1. The van der Waals surface area contributed by atoms with Crippen LogP contribution in [-0.2, 0) is 4.74 Å². The molecule has 0 amide bonds. The van der Waals surface area contributed by atoms with Gasteiger partial charge >= 0.3 is 0 Å². The number of aromatic hydroxyl groups is 1. The summed E-state index contributed by atoms with van der Waals surface area (Å²) in [6.45, 7) is 11.2. The molecule has 0 spiro atoms. The second kappa shape index (κ2) is 8.70. The molecule has 1 aliphatic heterocycles. The van der Waals surface area contributed by atoms with Crippen molar-refractivity contribution < 1.29 is 14.6 Å². The minimum atomic E-state index is 0.114. The standard InChI is InChI=1S/C19H27N3O3S/c1-13(2)17-18(23)21-19(26-17)20-16-12-15(5-4-14(16)3)25-11-8-22-6-9-24-10-7-22/h4-5,12-13,23H,6-11H2,1-3H3,(H,20,21). The molecule has 2 N–H and O–H groups in total. The van der Waals surface area contributed by atoms with Crippen LogP contribution < -0.4 is 10.1 Å². The van der Waals surface area contributed by atoms with Gasteiger partial charge in [-0.25, -0.2) is 0 Å². The molecule has 0 aliphatic carbocycles. The number of thiazole rings is 1. The molecule has 1 aromatic carbocycles. The predicted octanol–water partition coefficient (Wildman–Crippen LogP) is 3.74. The average molecular weight is 378 g/mol. The van der Waals surface area contributed by atoms with E-state index in [4.69, 9.17) is 9.47 Å². The third-order valence-electron chi connectivity index (χ3n) is 4.39. The number of benzene rings is 1. The van der Waals surface area contributed by atoms with Gasteiger partial charge in [0.15, 0.2) is 5.13 Å². The lowest BCUT2D eigenvalue weighted by Gasteiger charge is -2.26. The SMILES string of the molecule is Cc1ccc(OCCN2CCOCC2)cc1Nc1nc(O)c(C(C)C)s1. The maximum atomic E-state index is 9.96. The Hall–Kier alpha value is -1.83. The van der Waals surface area contributed by atoms with Gasteiger partial charge < -0.3 is 19.9 Å². The van der Waals surface area contributed by atoms with Gasteiger partial charge in [0.1, 0.15) is 12.4 Å². The van der Waals surface area contributed by atoms with Gasteiger partial charge in [0.05, 0.1) is 18.1 Å². The van der Waals surface area contributed by atoms with Gasteiger partial charge in [-0.05, 0) is 24.5 Å². The highest BCUT2D eigenvalue weighted by atomic mass is 32.1. The summed E-state index contributed by atoms with van der Waals surface area (Å²) in [5.41, 5.74) is 2.05. The highest BCUT2D eigenvalue weighted by Crippen LogP contribution is 2.36. The molecule has 1 saturated heterocycles. The molecule has 0 saturated carbocycles. The Morgan fingerprint density at radius 2 is 2.12 bits per heavy atom. The van der Waals surface area contributed by atoms with Gasteiger partial charge in [-0.3, -0.25) is 4.90 Å². The minimum Gasteiger partial charge on any atom is -0.492 e. The van der Waals surface area contributed by atoms with Gasteiger partial charge in [-0.15, -0.1) is 0 Å². The molecular formula is C19H27N3O3S. The van der Waals surface area contributed by atoms with Gasteiger partial charge in [-0.2, -0.15) is 4.98 Å². The summed E-state index contributed by atoms with van der Waals surface area (Å²) in [7, 11) is 0. The fourth-order valence-corrected chi connectivity index (χ4v) is 3.69. The molecule has 0 unspecified atom stereocenters. The summed E-state index contributed by atoms with van der Waals surface area (Å²) >= 11 is 1.48. The Balaban J connectivity index is 1.61. The highest BCUT2D eigenvalue weighted by molar-refractivity contribution is 7.16. The van der Waals surface area contributed by atoms with Crippen LogP contribution in [0.5, 0.6) is 11.6 Å². The molecule has 142 valence electrons. The number of ether oxygens (including phenoxy) is 2. The molecule has 0 radical (unpaired) electrons. The van der Waals surface area contributed by atoms with Crippen molar-refractivity contribution in [1.82, 2.24) is 9.88 Å². The first-order valence-electron chi connectivity index (χ1n) is 9.03. The third-order valence-corrected chi connectivity index (χ3v) is 5.65. The smallest absolute Gasteiger partial charge is 0.227 e. The van der Waals surface area contributed by atoms with E-state index in [-0.39, 0.29) is 11.8 Å². The van der Waals surface area contributed by atoms with Crippen molar-refractivity contribution in [2.75, 3.05) is 44.8 Å². The summed E-state index contributed by atoms with van der Waals surface area (Å²) in [5.74, 6) is 1.19. The summed E-state index contributed by atoms with van der Waals surface area (Å²) in [6.07, 6.45) is 0. The van der Waals surface area contributed by atoms with E-state index < -0.39 is 0 Å². The van der Waals surface area contributed by atoms with Crippen LogP contribution in [0.2, 0.25) is 0 Å². The van der Waals surface area contributed by atoms with E-state index in [9.17, 15) is 5.11 Å².